The summed E-state index contributed by atoms with van der Waals surface area (Å²) in [6, 6.07) is 19.8. The van der Waals surface area contributed by atoms with E-state index in [0.29, 0.717) is 18.7 Å². The average Bonchev–Trinajstić information content (AvgIpc) is 3.01. The van der Waals surface area contributed by atoms with Crippen molar-refractivity contribution in [1.29, 1.82) is 0 Å². The van der Waals surface area contributed by atoms with Gasteiger partial charge in [0, 0.05) is 23.4 Å². The number of carbonyl (C=O) groups is 2. The fraction of sp³-hybridized carbons (Fsp3) is 0.231. The van der Waals surface area contributed by atoms with Crippen LogP contribution in [0.4, 0.5) is 15.8 Å². The summed E-state index contributed by atoms with van der Waals surface area (Å²) < 4.78 is 13.4. The molecule has 1 spiro atoms. The number of para-hydroxylation sites is 1. The van der Waals surface area contributed by atoms with Gasteiger partial charge < -0.3 is 4.90 Å². The molecule has 2 aliphatic heterocycles. The van der Waals surface area contributed by atoms with Crippen LogP contribution in [-0.4, -0.2) is 17.6 Å². The van der Waals surface area contributed by atoms with Crippen LogP contribution in [0.2, 0.25) is 0 Å². The molecular formula is C26H23FN2O2S. The number of thioether (sulfide) groups is 1. The molecule has 4 nitrogen and oxygen atoms in total. The number of carbonyl (C=O) groups excluding carboxylic acids is 2. The smallest absolute Gasteiger partial charge is 0.269 e. The fourth-order valence-corrected chi connectivity index (χ4v) is 5.99. The highest BCUT2D eigenvalue weighted by atomic mass is 32.2. The van der Waals surface area contributed by atoms with E-state index in [1.54, 1.807) is 21.9 Å². The Labute approximate surface area is 191 Å². The lowest BCUT2D eigenvalue weighted by molar-refractivity contribution is -0.125. The number of hydrogen-bond donors (Lipinski definition) is 0. The summed E-state index contributed by atoms with van der Waals surface area (Å²) in [6.45, 7) is 4.35. The molecule has 0 aromatic heterocycles. The molecule has 162 valence electrons. The molecule has 0 bridgehead atoms. The molecule has 2 amide bonds. The standard InChI is InChI=1S/C26H23FN2O2S/c1-17-7-12-21(15-18(17)2)29-24(30)13-14-32-26(29)22-5-3-4-6-23(22)28(25(26)31)16-19-8-10-20(27)11-9-19/h3-12,15H,13-14,16H2,1-2H3. The van der Waals surface area contributed by atoms with Gasteiger partial charge in [0.1, 0.15) is 5.82 Å². The van der Waals surface area contributed by atoms with E-state index in [-0.39, 0.29) is 17.6 Å². The molecule has 3 aromatic rings. The highest BCUT2D eigenvalue weighted by Crippen LogP contribution is 2.55. The van der Waals surface area contributed by atoms with Crippen LogP contribution in [0, 0.1) is 19.7 Å². The number of anilines is 2. The zero-order chi connectivity index (χ0) is 22.5. The predicted molar refractivity (Wildman–Crippen MR) is 126 cm³/mol. The third-order valence-electron chi connectivity index (χ3n) is 6.29. The van der Waals surface area contributed by atoms with Crippen molar-refractivity contribution in [2.75, 3.05) is 15.6 Å². The normalized spacial score (nSPS) is 20.2. The van der Waals surface area contributed by atoms with Crippen molar-refractivity contribution in [2.45, 2.75) is 31.7 Å². The fourth-order valence-electron chi connectivity index (χ4n) is 4.52. The van der Waals surface area contributed by atoms with Crippen LogP contribution < -0.4 is 9.80 Å². The van der Waals surface area contributed by atoms with Gasteiger partial charge in [0.05, 0.1) is 12.2 Å². The average molecular weight is 447 g/mol. The number of nitrogens with zero attached hydrogens (tertiary/aromatic N) is 2. The lowest BCUT2D eigenvalue weighted by Gasteiger charge is -2.43. The van der Waals surface area contributed by atoms with Crippen LogP contribution in [0.1, 0.15) is 28.7 Å². The lowest BCUT2D eigenvalue weighted by atomic mass is 10.0. The van der Waals surface area contributed by atoms with E-state index in [1.807, 2.05) is 56.3 Å². The minimum Gasteiger partial charge on any atom is -0.304 e. The maximum atomic E-state index is 14.1. The van der Waals surface area contributed by atoms with Gasteiger partial charge in [-0.05, 0) is 60.9 Å². The van der Waals surface area contributed by atoms with Crippen LogP contribution in [0.5, 0.6) is 0 Å². The lowest BCUT2D eigenvalue weighted by Crippen LogP contribution is -2.56. The molecule has 32 heavy (non-hydrogen) atoms. The van der Waals surface area contributed by atoms with Crippen molar-refractivity contribution >= 4 is 35.0 Å². The van der Waals surface area contributed by atoms with Crippen molar-refractivity contribution < 1.29 is 14.0 Å². The van der Waals surface area contributed by atoms with E-state index in [9.17, 15) is 14.0 Å². The molecule has 5 rings (SSSR count). The molecule has 0 N–H and O–H groups in total. The Balaban J connectivity index is 1.65. The summed E-state index contributed by atoms with van der Waals surface area (Å²) in [5, 5.41) is 0. The Bertz CT molecular complexity index is 1230. The SMILES string of the molecule is Cc1ccc(N2C(=O)CCSC23C(=O)N(Cc2ccc(F)cc2)c2ccccc23)cc1C. The molecule has 0 saturated carbocycles. The summed E-state index contributed by atoms with van der Waals surface area (Å²) in [4.78, 5) is 29.7. The summed E-state index contributed by atoms with van der Waals surface area (Å²) in [6.07, 6.45) is 0.382. The first-order chi connectivity index (χ1) is 15.4. The van der Waals surface area contributed by atoms with Gasteiger partial charge in [0.2, 0.25) is 10.8 Å². The van der Waals surface area contributed by atoms with Crippen molar-refractivity contribution in [1.82, 2.24) is 0 Å². The van der Waals surface area contributed by atoms with Crippen LogP contribution in [0.3, 0.4) is 0 Å². The topological polar surface area (TPSA) is 40.6 Å². The summed E-state index contributed by atoms with van der Waals surface area (Å²) in [5.41, 5.74) is 5.38. The van der Waals surface area contributed by atoms with Gasteiger partial charge in [-0.1, -0.05) is 36.4 Å². The summed E-state index contributed by atoms with van der Waals surface area (Å²) in [5.74, 6) is 0.0655. The van der Waals surface area contributed by atoms with Gasteiger partial charge in [-0.3, -0.25) is 14.5 Å². The molecular weight excluding hydrogens is 423 g/mol. The molecule has 1 atom stereocenters. The zero-order valence-electron chi connectivity index (χ0n) is 18.0. The molecule has 0 radical (unpaired) electrons. The molecule has 2 aliphatic rings. The van der Waals surface area contributed by atoms with Crippen molar-refractivity contribution in [2.24, 2.45) is 0 Å². The quantitative estimate of drug-likeness (QED) is 0.547. The van der Waals surface area contributed by atoms with Crippen LogP contribution in [0.25, 0.3) is 0 Å². The first-order valence-electron chi connectivity index (χ1n) is 10.6. The highest BCUT2D eigenvalue weighted by molar-refractivity contribution is 8.01. The Morgan fingerprint density at radius 1 is 0.969 bits per heavy atom. The van der Waals surface area contributed by atoms with E-state index < -0.39 is 4.87 Å². The number of rotatable bonds is 3. The Hall–Kier alpha value is -3.12. The Morgan fingerprint density at radius 3 is 2.47 bits per heavy atom. The number of fused-ring (bicyclic) bond motifs is 2. The van der Waals surface area contributed by atoms with Gasteiger partial charge >= 0.3 is 0 Å². The van der Waals surface area contributed by atoms with Crippen molar-refractivity contribution in [3.05, 3.63) is 94.8 Å². The van der Waals surface area contributed by atoms with Gasteiger partial charge in [0.25, 0.3) is 5.91 Å². The molecule has 2 heterocycles. The summed E-state index contributed by atoms with van der Waals surface area (Å²) >= 11 is 1.51. The number of aryl methyl sites for hydroxylation is 2. The minimum absolute atomic E-state index is 0.0567. The monoisotopic (exact) mass is 446 g/mol. The van der Waals surface area contributed by atoms with E-state index >= 15 is 0 Å². The number of hydrogen-bond acceptors (Lipinski definition) is 3. The van der Waals surface area contributed by atoms with Crippen molar-refractivity contribution in [3.63, 3.8) is 0 Å². The maximum Gasteiger partial charge on any atom is 0.269 e. The minimum atomic E-state index is -1.15. The van der Waals surface area contributed by atoms with Gasteiger partial charge in [0.15, 0.2) is 0 Å². The largest absolute Gasteiger partial charge is 0.304 e. The number of amides is 2. The second-order valence-corrected chi connectivity index (χ2v) is 9.56. The molecule has 6 heteroatoms. The maximum absolute atomic E-state index is 14.1. The second kappa shape index (κ2) is 7.78. The molecule has 1 unspecified atom stereocenters. The first kappa shape index (κ1) is 20.8. The third-order valence-corrected chi connectivity index (χ3v) is 7.69. The van der Waals surface area contributed by atoms with Crippen LogP contribution in [0.15, 0.2) is 66.7 Å². The molecule has 0 aliphatic carbocycles. The molecule has 1 fully saturated rings. The Morgan fingerprint density at radius 2 is 1.72 bits per heavy atom. The van der Waals surface area contributed by atoms with Crippen LogP contribution in [-0.2, 0) is 21.0 Å². The van der Waals surface area contributed by atoms with E-state index in [4.69, 9.17) is 0 Å². The van der Waals surface area contributed by atoms with E-state index in [0.717, 1.165) is 33.6 Å². The zero-order valence-corrected chi connectivity index (χ0v) is 18.8. The van der Waals surface area contributed by atoms with E-state index in [1.165, 1.54) is 23.9 Å². The molecule has 1 saturated heterocycles. The van der Waals surface area contributed by atoms with E-state index in [2.05, 4.69) is 0 Å². The van der Waals surface area contributed by atoms with Crippen molar-refractivity contribution in [3.8, 4) is 0 Å². The number of benzene rings is 3. The molecule has 3 aromatic carbocycles. The van der Waals surface area contributed by atoms with Gasteiger partial charge in [-0.15, -0.1) is 11.8 Å². The first-order valence-corrected chi connectivity index (χ1v) is 11.6. The summed E-state index contributed by atoms with van der Waals surface area (Å²) in [7, 11) is 0. The predicted octanol–water partition coefficient (Wildman–Crippen LogP) is 5.31. The van der Waals surface area contributed by atoms with Crippen LogP contribution >= 0.6 is 11.8 Å². The highest BCUT2D eigenvalue weighted by Gasteiger charge is 2.58. The van der Waals surface area contributed by atoms with Gasteiger partial charge in [-0.25, -0.2) is 4.39 Å². The third kappa shape index (κ3) is 3.13. The Kier molecular flexibility index (Phi) is 5.05. The second-order valence-electron chi connectivity index (χ2n) is 8.28. The number of halogens is 1. The van der Waals surface area contributed by atoms with Gasteiger partial charge in [-0.2, -0.15) is 0 Å².